The third-order valence-electron chi connectivity index (χ3n) is 3.70. The number of ether oxygens (including phenoxy) is 2. The first-order valence-electron chi connectivity index (χ1n) is 8.19. The summed E-state index contributed by atoms with van der Waals surface area (Å²) in [6, 6.07) is 14.4. The van der Waals surface area contributed by atoms with Gasteiger partial charge < -0.3 is 20.1 Å². The normalized spacial score (nSPS) is 10.7. The van der Waals surface area contributed by atoms with E-state index in [1.54, 1.807) is 18.2 Å². The van der Waals surface area contributed by atoms with Crippen molar-refractivity contribution < 1.29 is 14.3 Å². The minimum atomic E-state index is -0.514. The van der Waals surface area contributed by atoms with Crippen molar-refractivity contribution in [1.29, 1.82) is 5.26 Å². The molecule has 0 radical (unpaired) electrons. The van der Waals surface area contributed by atoms with E-state index < -0.39 is 5.91 Å². The Kier molecular flexibility index (Phi) is 7.53. The van der Waals surface area contributed by atoms with Gasteiger partial charge in [-0.25, -0.2) is 0 Å². The average molecular weight is 386 g/mol. The second-order valence-corrected chi connectivity index (χ2v) is 5.96. The molecule has 0 spiro atoms. The number of benzene rings is 2. The number of nitrogens with one attached hydrogen (secondary N) is 2. The maximum absolute atomic E-state index is 12.3. The fourth-order valence-electron chi connectivity index (χ4n) is 2.34. The summed E-state index contributed by atoms with van der Waals surface area (Å²) in [5.41, 5.74) is 1.53. The topological polar surface area (TPSA) is 83.4 Å². The number of nitriles is 1. The van der Waals surface area contributed by atoms with Crippen molar-refractivity contribution in [3.05, 3.63) is 64.8 Å². The van der Waals surface area contributed by atoms with Crippen LogP contribution in [0.2, 0.25) is 5.02 Å². The molecule has 1 amide bonds. The second-order valence-electron chi connectivity index (χ2n) is 5.53. The molecule has 0 unspecified atom stereocenters. The van der Waals surface area contributed by atoms with Crippen LogP contribution >= 0.6 is 11.6 Å². The van der Waals surface area contributed by atoms with Crippen LogP contribution < -0.4 is 20.1 Å². The molecule has 7 heteroatoms. The first kappa shape index (κ1) is 20.1. The van der Waals surface area contributed by atoms with E-state index in [0.717, 1.165) is 5.56 Å². The highest BCUT2D eigenvalue weighted by atomic mass is 35.5. The molecule has 6 nitrogen and oxygen atoms in total. The quantitative estimate of drug-likeness (QED) is 0.412. The SMILES string of the molecule is COc1ccc(NC(=O)/C(C#N)=C\NCCc2cccc(Cl)c2)cc1OC. The summed E-state index contributed by atoms with van der Waals surface area (Å²) in [6.07, 6.45) is 2.12. The van der Waals surface area contributed by atoms with Crippen molar-refractivity contribution in [1.82, 2.24) is 5.32 Å². The van der Waals surface area contributed by atoms with E-state index in [4.69, 9.17) is 21.1 Å². The monoisotopic (exact) mass is 385 g/mol. The first-order valence-corrected chi connectivity index (χ1v) is 8.56. The molecule has 27 heavy (non-hydrogen) atoms. The van der Waals surface area contributed by atoms with E-state index in [1.165, 1.54) is 20.4 Å². The van der Waals surface area contributed by atoms with Crippen LogP contribution in [0.5, 0.6) is 11.5 Å². The van der Waals surface area contributed by atoms with E-state index in [9.17, 15) is 10.1 Å². The van der Waals surface area contributed by atoms with Crippen molar-refractivity contribution in [2.24, 2.45) is 0 Å². The number of carbonyl (C=O) groups is 1. The molecule has 0 saturated carbocycles. The molecule has 0 bridgehead atoms. The molecule has 0 fully saturated rings. The van der Waals surface area contributed by atoms with Gasteiger partial charge in [-0.05, 0) is 36.2 Å². The molecular formula is C20H20ClN3O3. The highest BCUT2D eigenvalue weighted by molar-refractivity contribution is 6.30. The van der Waals surface area contributed by atoms with Crippen LogP contribution in [0, 0.1) is 11.3 Å². The number of carbonyl (C=O) groups excluding carboxylic acids is 1. The Labute approximate surface area is 163 Å². The van der Waals surface area contributed by atoms with Crippen LogP contribution in [0.25, 0.3) is 0 Å². The maximum Gasteiger partial charge on any atom is 0.267 e. The Bertz CT molecular complexity index is 875. The van der Waals surface area contributed by atoms with Gasteiger partial charge in [0.15, 0.2) is 11.5 Å². The molecule has 0 saturated heterocycles. The number of halogens is 1. The van der Waals surface area contributed by atoms with Gasteiger partial charge in [0.05, 0.1) is 14.2 Å². The molecule has 2 N–H and O–H groups in total. The first-order chi connectivity index (χ1) is 13.1. The van der Waals surface area contributed by atoms with Crippen molar-refractivity contribution in [2.45, 2.75) is 6.42 Å². The lowest BCUT2D eigenvalue weighted by Gasteiger charge is -2.10. The number of methoxy groups -OCH3 is 2. The Morgan fingerprint density at radius 2 is 1.96 bits per heavy atom. The number of amides is 1. The van der Waals surface area contributed by atoms with Crippen LogP contribution in [-0.4, -0.2) is 26.7 Å². The fourth-order valence-corrected chi connectivity index (χ4v) is 2.56. The van der Waals surface area contributed by atoms with E-state index in [0.29, 0.717) is 35.2 Å². The highest BCUT2D eigenvalue weighted by Gasteiger charge is 2.11. The molecule has 2 aromatic carbocycles. The standard InChI is InChI=1S/C20H20ClN3O3/c1-26-18-7-6-17(11-19(18)27-2)24-20(25)15(12-22)13-23-9-8-14-4-3-5-16(21)10-14/h3-7,10-11,13,23H,8-9H2,1-2H3,(H,24,25)/b15-13-. The lowest BCUT2D eigenvalue weighted by atomic mass is 10.1. The number of hydrogen-bond donors (Lipinski definition) is 2. The maximum atomic E-state index is 12.3. The van der Waals surface area contributed by atoms with E-state index in [-0.39, 0.29) is 5.57 Å². The number of rotatable bonds is 8. The molecular weight excluding hydrogens is 366 g/mol. The molecule has 2 aromatic rings. The van der Waals surface area contributed by atoms with E-state index >= 15 is 0 Å². The molecule has 0 aliphatic rings. The molecule has 0 heterocycles. The zero-order valence-electron chi connectivity index (χ0n) is 15.1. The smallest absolute Gasteiger partial charge is 0.267 e. The van der Waals surface area contributed by atoms with Crippen molar-refractivity contribution in [3.8, 4) is 17.6 Å². The zero-order chi connectivity index (χ0) is 19.6. The van der Waals surface area contributed by atoms with Gasteiger partial charge in [0.25, 0.3) is 5.91 Å². The lowest BCUT2D eigenvalue weighted by molar-refractivity contribution is -0.112. The third kappa shape index (κ3) is 5.94. The average Bonchev–Trinajstić information content (AvgIpc) is 2.67. The van der Waals surface area contributed by atoms with Gasteiger partial charge in [-0.1, -0.05) is 23.7 Å². The van der Waals surface area contributed by atoms with Crippen LogP contribution in [0.3, 0.4) is 0 Å². The van der Waals surface area contributed by atoms with E-state index in [1.807, 2.05) is 30.3 Å². The summed E-state index contributed by atoms with van der Waals surface area (Å²) in [5, 5.41) is 15.5. The summed E-state index contributed by atoms with van der Waals surface area (Å²) < 4.78 is 10.4. The summed E-state index contributed by atoms with van der Waals surface area (Å²) in [4.78, 5) is 12.3. The molecule has 0 atom stereocenters. The van der Waals surface area contributed by atoms with Crippen LogP contribution in [0.15, 0.2) is 54.2 Å². The summed E-state index contributed by atoms with van der Waals surface area (Å²) >= 11 is 5.94. The molecule has 2 rings (SSSR count). The van der Waals surface area contributed by atoms with Gasteiger partial charge in [-0.3, -0.25) is 4.79 Å². The Hall–Kier alpha value is -3.17. The number of hydrogen-bond acceptors (Lipinski definition) is 5. The van der Waals surface area contributed by atoms with Gasteiger partial charge in [-0.2, -0.15) is 5.26 Å². The van der Waals surface area contributed by atoms with Crippen LogP contribution in [0.4, 0.5) is 5.69 Å². The van der Waals surface area contributed by atoms with E-state index in [2.05, 4.69) is 10.6 Å². The summed E-state index contributed by atoms with van der Waals surface area (Å²) in [6.45, 7) is 0.565. The number of anilines is 1. The predicted molar refractivity (Wildman–Crippen MR) is 105 cm³/mol. The summed E-state index contributed by atoms with van der Waals surface area (Å²) in [5.74, 6) is 0.520. The van der Waals surface area contributed by atoms with Gasteiger partial charge in [0.2, 0.25) is 0 Å². The Morgan fingerprint density at radius 3 is 2.63 bits per heavy atom. The number of nitrogens with zero attached hydrogens (tertiary/aromatic N) is 1. The minimum Gasteiger partial charge on any atom is -0.493 e. The fraction of sp³-hybridized carbons (Fsp3) is 0.200. The van der Waals surface area contributed by atoms with Crippen molar-refractivity contribution in [2.75, 3.05) is 26.1 Å². The van der Waals surface area contributed by atoms with Gasteiger partial charge in [0, 0.05) is 29.5 Å². The minimum absolute atomic E-state index is 0.0316. The summed E-state index contributed by atoms with van der Waals surface area (Å²) in [7, 11) is 3.04. The largest absolute Gasteiger partial charge is 0.493 e. The lowest BCUT2D eigenvalue weighted by Crippen LogP contribution is -2.18. The van der Waals surface area contributed by atoms with Crippen LogP contribution in [0.1, 0.15) is 5.56 Å². The molecule has 0 aliphatic heterocycles. The van der Waals surface area contributed by atoms with Crippen molar-refractivity contribution in [3.63, 3.8) is 0 Å². The second kappa shape index (κ2) is 10.1. The van der Waals surface area contributed by atoms with Gasteiger partial charge in [-0.15, -0.1) is 0 Å². The molecule has 140 valence electrons. The van der Waals surface area contributed by atoms with Crippen LogP contribution in [-0.2, 0) is 11.2 Å². The van der Waals surface area contributed by atoms with Crippen molar-refractivity contribution >= 4 is 23.2 Å². The zero-order valence-corrected chi connectivity index (χ0v) is 15.8. The Balaban J connectivity index is 1.95. The third-order valence-corrected chi connectivity index (χ3v) is 3.94. The Morgan fingerprint density at radius 1 is 1.19 bits per heavy atom. The van der Waals surface area contributed by atoms with Gasteiger partial charge in [0.1, 0.15) is 11.6 Å². The molecule has 0 aliphatic carbocycles. The van der Waals surface area contributed by atoms with Gasteiger partial charge >= 0.3 is 0 Å². The molecule has 0 aromatic heterocycles. The highest BCUT2D eigenvalue weighted by Crippen LogP contribution is 2.29. The predicted octanol–water partition coefficient (Wildman–Crippen LogP) is 3.54.